The van der Waals surface area contributed by atoms with Crippen LogP contribution in [0.2, 0.25) is 0 Å². The number of alkyl halides is 6. The van der Waals surface area contributed by atoms with Crippen molar-refractivity contribution in [1.29, 1.82) is 0 Å². The predicted octanol–water partition coefficient (Wildman–Crippen LogP) is 2.48. The fourth-order valence-corrected chi connectivity index (χ4v) is 1.23. The van der Waals surface area contributed by atoms with Gasteiger partial charge in [-0.25, -0.2) is 4.68 Å². The maximum atomic E-state index is 12.5. The lowest BCUT2D eigenvalue weighted by Crippen LogP contribution is -2.21. The Labute approximate surface area is 102 Å². The highest BCUT2D eigenvalue weighted by Gasteiger charge is 2.42. The molecule has 0 saturated carbocycles. The molecule has 0 aromatic carbocycles. The molecule has 0 spiro atoms. The van der Waals surface area contributed by atoms with Gasteiger partial charge >= 0.3 is 18.3 Å². The lowest BCUT2D eigenvalue weighted by atomic mass is 10.3. The molecule has 0 radical (unpaired) electrons. The van der Waals surface area contributed by atoms with Crippen molar-refractivity contribution < 1.29 is 35.9 Å². The standard InChI is InChI=1S/C9H8F6N2O2/c1-2-19-7(18)4-17-6(9(13,14)15)3-5(16-17)8(10,11)12/h3H,2,4H2,1H3. The van der Waals surface area contributed by atoms with Crippen molar-refractivity contribution in [3.05, 3.63) is 17.5 Å². The molecule has 1 aromatic heterocycles. The van der Waals surface area contributed by atoms with E-state index in [-0.39, 0.29) is 17.4 Å². The third-order valence-electron chi connectivity index (χ3n) is 1.95. The van der Waals surface area contributed by atoms with Crippen LogP contribution in [0.3, 0.4) is 0 Å². The quantitative estimate of drug-likeness (QED) is 0.634. The number of nitrogens with zero attached hydrogens (tertiary/aromatic N) is 2. The molecular weight excluding hydrogens is 282 g/mol. The van der Waals surface area contributed by atoms with Gasteiger partial charge in [0.2, 0.25) is 0 Å². The first-order valence-electron chi connectivity index (χ1n) is 4.93. The number of esters is 1. The molecule has 0 fully saturated rings. The summed E-state index contributed by atoms with van der Waals surface area (Å²) in [5.41, 5.74) is -3.38. The molecule has 4 nitrogen and oxygen atoms in total. The van der Waals surface area contributed by atoms with Crippen LogP contribution in [0.15, 0.2) is 6.07 Å². The van der Waals surface area contributed by atoms with Gasteiger partial charge < -0.3 is 4.74 Å². The topological polar surface area (TPSA) is 44.1 Å². The van der Waals surface area contributed by atoms with Gasteiger partial charge in [-0.3, -0.25) is 4.79 Å². The molecule has 108 valence electrons. The van der Waals surface area contributed by atoms with Crippen molar-refractivity contribution in [2.45, 2.75) is 25.8 Å². The minimum absolute atomic E-state index is 0.0686. The van der Waals surface area contributed by atoms with Crippen molar-refractivity contribution in [1.82, 2.24) is 9.78 Å². The van der Waals surface area contributed by atoms with E-state index in [4.69, 9.17) is 0 Å². The average molecular weight is 290 g/mol. The van der Waals surface area contributed by atoms with Crippen molar-refractivity contribution in [3.8, 4) is 0 Å². The SMILES string of the molecule is CCOC(=O)Cn1nc(C(F)(F)F)cc1C(F)(F)F. The Balaban J connectivity index is 3.14. The minimum atomic E-state index is -5.05. The molecule has 0 saturated heterocycles. The Bertz CT molecular complexity index is 462. The van der Waals surface area contributed by atoms with E-state index in [0.717, 1.165) is 0 Å². The van der Waals surface area contributed by atoms with E-state index in [1.807, 2.05) is 0 Å². The Hall–Kier alpha value is -1.74. The molecule has 1 aromatic rings. The lowest BCUT2D eigenvalue weighted by molar-refractivity contribution is -0.149. The summed E-state index contributed by atoms with van der Waals surface area (Å²) in [6, 6.07) is -0.154. The fraction of sp³-hybridized carbons (Fsp3) is 0.556. The summed E-state index contributed by atoms with van der Waals surface area (Å²) in [4.78, 5) is 11.0. The Morgan fingerprint density at radius 2 is 1.84 bits per heavy atom. The zero-order chi connectivity index (χ0) is 14.8. The van der Waals surface area contributed by atoms with Gasteiger partial charge in [0.1, 0.15) is 12.2 Å². The number of carbonyl (C=O) groups excluding carboxylic acids is 1. The Kier molecular flexibility index (Phi) is 4.11. The molecule has 0 aliphatic carbocycles. The summed E-state index contributed by atoms with van der Waals surface area (Å²) in [5, 5.41) is 2.74. The number of hydrogen-bond donors (Lipinski definition) is 0. The van der Waals surface area contributed by atoms with E-state index in [9.17, 15) is 31.1 Å². The molecule has 0 aliphatic heterocycles. The molecular formula is C9H8F6N2O2. The average Bonchev–Trinajstić information content (AvgIpc) is 2.60. The summed E-state index contributed by atoms with van der Waals surface area (Å²) in [7, 11) is 0. The van der Waals surface area contributed by atoms with Gasteiger partial charge in [0.15, 0.2) is 5.69 Å². The molecule has 19 heavy (non-hydrogen) atoms. The maximum absolute atomic E-state index is 12.5. The number of carbonyl (C=O) groups is 1. The van der Waals surface area contributed by atoms with Crippen LogP contribution >= 0.6 is 0 Å². The second kappa shape index (κ2) is 5.10. The molecule has 0 unspecified atom stereocenters. The molecule has 0 bridgehead atoms. The lowest BCUT2D eigenvalue weighted by Gasteiger charge is -2.09. The van der Waals surface area contributed by atoms with E-state index >= 15 is 0 Å². The highest BCUT2D eigenvalue weighted by molar-refractivity contribution is 5.69. The van der Waals surface area contributed by atoms with E-state index in [1.54, 1.807) is 0 Å². The smallest absolute Gasteiger partial charge is 0.435 e. The van der Waals surface area contributed by atoms with Crippen molar-refractivity contribution in [3.63, 3.8) is 0 Å². The first kappa shape index (κ1) is 15.3. The first-order chi connectivity index (χ1) is 8.55. The van der Waals surface area contributed by atoms with Gasteiger partial charge in [0.05, 0.1) is 6.61 Å². The maximum Gasteiger partial charge on any atom is 0.435 e. The third-order valence-corrected chi connectivity index (χ3v) is 1.95. The summed E-state index contributed by atoms with van der Waals surface area (Å²) >= 11 is 0. The second-order valence-corrected chi connectivity index (χ2v) is 3.37. The Morgan fingerprint density at radius 3 is 2.26 bits per heavy atom. The van der Waals surface area contributed by atoms with E-state index in [0.29, 0.717) is 0 Å². The monoisotopic (exact) mass is 290 g/mol. The van der Waals surface area contributed by atoms with Crippen LogP contribution in [-0.2, 0) is 28.4 Å². The minimum Gasteiger partial charge on any atom is -0.465 e. The van der Waals surface area contributed by atoms with Crippen molar-refractivity contribution in [2.24, 2.45) is 0 Å². The normalized spacial score (nSPS) is 12.6. The van der Waals surface area contributed by atoms with Crippen LogP contribution < -0.4 is 0 Å². The molecule has 1 heterocycles. The van der Waals surface area contributed by atoms with Gasteiger partial charge in [0.25, 0.3) is 0 Å². The second-order valence-electron chi connectivity index (χ2n) is 3.37. The molecule has 0 N–H and O–H groups in total. The van der Waals surface area contributed by atoms with Crippen LogP contribution in [0.25, 0.3) is 0 Å². The van der Waals surface area contributed by atoms with Crippen LogP contribution in [0.1, 0.15) is 18.3 Å². The fourth-order valence-electron chi connectivity index (χ4n) is 1.23. The largest absolute Gasteiger partial charge is 0.465 e. The third kappa shape index (κ3) is 3.86. The highest BCUT2D eigenvalue weighted by Crippen LogP contribution is 2.35. The molecule has 0 aliphatic rings. The summed E-state index contributed by atoms with van der Waals surface area (Å²) in [6.07, 6.45) is -10.1. The van der Waals surface area contributed by atoms with Crippen LogP contribution in [-0.4, -0.2) is 22.4 Å². The number of hydrogen-bond acceptors (Lipinski definition) is 3. The molecule has 1 rings (SSSR count). The summed E-state index contributed by atoms with van der Waals surface area (Å²) in [5.74, 6) is -1.11. The number of ether oxygens (including phenoxy) is 1. The van der Waals surface area contributed by atoms with Crippen molar-refractivity contribution in [2.75, 3.05) is 6.61 Å². The van der Waals surface area contributed by atoms with Gasteiger partial charge in [-0.1, -0.05) is 0 Å². The van der Waals surface area contributed by atoms with Crippen LogP contribution in [0, 0.1) is 0 Å². The van der Waals surface area contributed by atoms with Crippen LogP contribution in [0.4, 0.5) is 26.3 Å². The molecule has 0 atom stereocenters. The summed E-state index contributed by atoms with van der Waals surface area (Å²) < 4.78 is 78.7. The van der Waals surface area contributed by atoms with E-state index in [2.05, 4.69) is 9.84 Å². The Morgan fingerprint density at radius 1 is 1.26 bits per heavy atom. The van der Waals surface area contributed by atoms with Gasteiger partial charge in [-0.15, -0.1) is 0 Å². The summed E-state index contributed by atoms with van der Waals surface area (Å²) in [6.45, 7) is 0.263. The zero-order valence-electron chi connectivity index (χ0n) is 9.47. The predicted molar refractivity (Wildman–Crippen MR) is 48.9 cm³/mol. The van der Waals surface area contributed by atoms with Crippen LogP contribution in [0.5, 0.6) is 0 Å². The molecule has 0 amide bonds. The van der Waals surface area contributed by atoms with Gasteiger partial charge in [0, 0.05) is 6.07 Å². The van der Waals surface area contributed by atoms with Gasteiger partial charge in [-0.05, 0) is 6.92 Å². The molecule has 10 heteroatoms. The number of halogens is 6. The van der Waals surface area contributed by atoms with Gasteiger partial charge in [-0.2, -0.15) is 31.4 Å². The highest BCUT2D eigenvalue weighted by atomic mass is 19.4. The number of aromatic nitrogens is 2. The van der Waals surface area contributed by atoms with E-state index < -0.39 is 36.3 Å². The number of rotatable bonds is 3. The first-order valence-corrected chi connectivity index (χ1v) is 4.93. The van der Waals surface area contributed by atoms with E-state index in [1.165, 1.54) is 6.92 Å². The zero-order valence-corrected chi connectivity index (χ0v) is 9.47. The van der Waals surface area contributed by atoms with Crippen molar-refractivity contribution >= 4 is 5.97 Å².